The number of furan rings is 1. The molecule has 206 valence electrons. The minimum absolute atomic E-state index is 0.000977. The summed E-state index contributed by atoms with van der Waals surface area (Å²) in [5.74, 6) is -0.414. The van der Waals surface area contributed by atoms with Crippen molar-refractivity contribution >= 4 is 46.0 Å². The average Bonchev–Trinajstić information content (AvgIpc) is 3.62. The third-order valence-corrected chi connectivity index (χ3v) is 6.98. The average molecular weight is 574 g/mol. The van der Waals surface area contributed by atoms with Crippen LogP contribution in [0.15, 0.2) is 120 Å². The lowest BCUT2D eigenvalue weighted by Crippen LogP contribution is -2.11. The molecule has 0 radical (unpaired) electrons. The lowest BCUT2D eigenvalue weighted by molar-refractivity contribution is -0.111. The van der Waals surface area contributed by atoms with Crippen molar-refractivity contribution in [3.63, 3.8) is 0 Å². The number of fused-ring (bicyclic) bond motifs is 1. The standard InChI is InChI=1S/C34H24ClN3O4/c1-41-29-18-16-23(20-27(29)35)33(40)34-32(26-14-8-9-15-28(26)42-34)36-30(39)19-17-24-21-38(25-12-6-3-7-13-25)37-31(24)22-10-4-2-5-11-22/h2-21H,1H3,(H,36,39)/b19-17+. The van der Waals surface area contributed by atoms with E-state index in [2.05, 4.69) is 5.32 Å². The molecule has 2 heterocycles. The van der Waals surface area contributed by atoms with Gasteiger partial charge in [0.25, 0.3) is 0 Å². The van der Waals surface area contributed by atoms with Gasteiger partial charge >= 0.3 is 0 Å². The highest BCUT2D eigenvalue weighted by atomic mass is 35.5. The van der Waals surface area contributed by atoms with Gasteiger partial charge in [0.1, 0.15) is 11.3 Å². The van der Waals surface area contributed by atoms with Gasteiger partial charge in [-0.25, -0.2) is 4.68 Å². The van der Waals surface area contributed by atoms with Crippen molar-refractivity contribution in [3.8, 4) is 22.7 Å². The van der Waals surface area contributed by atoms with Crippen LogP contribution in [-0.2, 0) is 4.79 Å². The summed E-state index contributed by atoms with van der Waals surface area (Å²) in [6.45, 7) is 0. The zero-order chi connectivity index (χ0) is 29.1. The van der Waals surface area contributed by atoms with Crippen LogP contribution >= 0.6 is 11.6 Å². The zero-order valence-electron chi connectivity index (χ0n) is 22.5. The highest BCUT2D eigenvalue weighted by molar-refractivity contribution is 6.32. The second kappa shape index (κ2) is 11.6. The molecule has 0 bridgehead atoms. The zero-order valence-corrected chi connectivity index (χ0v) is 23.2. The number of anilines is 1. The Kier molecular flexibility index (Phi) is 7.41. The minimum atomic E-state index is -0.435. The quantitative estimate of drug-likeness (QED) is 0.148. The van der Waals surface area contributed by atoms with Gasteiger partial charge in [-0.15, -0.1) is 0 Å². The van der Waals surface area contributed by atoms with E-state index >= 15 is 0 Å². The molecular weight excluding hydrogens is 550 g/mol. The molecule has 4 aromatic carbocycles. The fourth-order valence-corrected chi connectivity index (χ4v) is 4.90. The SMILES string of the molecule is COc1ccc(C(=O)c2oc3ccccc3c2NC(=O)/C=C/c2cn(-c3ccccc3)nc2-c2ccccc2)cc1Cl. The van der Waals surface area contributed by atoms with Gasteiger partial charge < -0.3 is 14.5 Å². The second-order valence-electron chi connectivity index (χ2n) is 9.38. The molecular formula is C34H24ClN3O4. The van der Waals surface area contributed by atoms with Gasteiger partial charge in [0.05, 0.1) is 29.2 Å². The molecule has 42 heavy (non-hydrogen) atoms. The molecule has 1 N–H and O–H groups in total. The molecule has 0 unspecified atom stereocenters. The van der Waals surface area contributed by atoms with Crippen LogP contribution in [0.25, 0.3) is 34.0 Å². The minimum Gasteiger partial charge on any atom is -0.495 e. The predicted octanol–water partition coefficient (Wildman–Crippen LogP) is 7.83. The molecule has 6 rings (SSSR count). The monoisotopic (exact) mass is 573 g/mol. The number of nitrogens with one attached hydrogen (secondary N) is 1. The van der Waals surface area contributed by atoms with Gasteiger partial charge in [0, 0.05) is 34.3 Å². The molecule has 0 spiro atoms. The first-order valence-corrected chi connectivity index (χ1v) is 13.5. The van der Waals surface area contributed by atoms with E-state index in [1.807, 2.05) is 72.9 Å². The maximum atomic E-state index is 13.5. The molecule has 8 heteroatoms. The van der Waals surface area contributed by atoms with E-state index in [9.17, 15) is 9.59 Å². The summed E-state index contributed by atoms with van der Waals surface area (Å²) in [7, 11) is 1.50. The molecule has 0 aliphatic carbocycles. The molecule has 0 saturated carbocycles. The molecule has 6 aromatic rings. The van der Waals surface area contributed by atoms with Crippen LogP contribution in [-0.4, -0.2) is 28.6 Å². The van der Waals surface area contributed by atoms with Crippen LogP contribution in [0.5, 0.6) is 5.75 Å². The lowest BCUT2D eigenvalue weighted by atomic mass is 10.1. The number of amides is 1. The van der Waals surface area contributed by atoms with Gasteiger partial charge in [-0.2, -0.15) is 5.10 Å². The van der Waals surface area contributed by atoms with Gasteiger partial charge in [0.2, 0.25) is 11.7 Å². The van der Waals surface area contributed by atoms with Gasteiger partial charge in [-0.1, -0.05) is 72.3 Å². The Labute approximate surface area is 246 Å². The summed E-state index contributed by atoms with van der Waals surface area (Å²) in [6.07, 6.45) is 4.99. The van der Waals surface area contributed by atoms with Crippen molar-refractivity contribution < 1.29 is 18.7 Å². The highest BCUT2D eigenvalue weighted by Gasteiger charge is 2.24. The fourth-order valence-electron chi connectivity index (χ4n) is 4.64. The number of para-hydroxylation sites is 2. The fraction of sp³-hybridized carbons (Fsp3) is 0.0294. The summed E-state index contributed by atoms with van der Waals surface area (Å²) in [5.41, 5.74) is 4.33. The van der Waals surface area contributed by atoms with Crippen molar-refractivity contribution in [3.05, 3.63) is 137 Å². The van der Waals surface area contributed by atoms with Crippen LogP contribution in [0.4, 0.5) is 5.69 Å². The Morgan fingerprint density at radius 3 is 2.38 bits per heavy atom. The summed E-state index contributed by atoms with van der Waals surface area (Å²) >= 11 is 6.27. The Bertz CT molecular complexity index is 1940. The summed E-state index contributed by atoms with van der Waals surface area (Å²) in [4.78, 5) is 26.8. The molecule has 7 nitrogen and oxygen atoms in total. The largest absolute Gasteiger partial charge is 0.495 e. The first-order valence-electron chi connectivity index (χ1n) is 13.1. The number of carbonyl (C=O) groups is 2. The number of carbonyl (C=O) groups excluding carboxylic acids is 2. The summed E-state index contributed by atoms with van der Waals surface area (Å²) in [6, 6.07) is 31.3. The van der Waals surface area contributed by atoms with Crippen LogP contribution in [0.3, 0.4) is 0 Å². The normalized spacial score (nSPS) is 11.2. The highest BCUT2D eigenvalue weighted by Crippen LogP contribution is 2.34. The topological polar surface area (TPSA) is 86.4 Å². The number of hydrogen-bond donors (Lipinski definition) is 1. The molecule has 2 aromatic heterocycles. The van der Waals surface area contributed by atoms with Crippen LogP contribution in [0, 0.1) is 0 Å². The maximum Gasteiger partial charge on any atom is 0.248 e. The maximum absolute atomic E-state index is 13.5. The van der Waals surface area contributed by atoms with Gasteiger partial charge in [-0.3, -0.25) is 9.59 Å². The number of rotatable bonds is 8. The molecule has 0 atom stereocenters. The number of aromatic nitrogens is 2. The van der Waals surface area contributed by atoms with Crippen molar-refractivity contribution in [2.24, 2.45) is 0 Å². The Balaban J connectivity index is 1.33. The van der Waals surface area contributed by atoms with E-state index in [1.165, 1.54) is 19.3 Å². The van der Waals surface area contributed by atoms with E-state index in [1.54, 1.807) is 41.1 Å². The third kappa shape index (κ3) is 5.33. The smallest absolute Gasteiger partial charge is 0.248 e. The van der Waals surface area contributed by atoms with Crippen molar-refractivity contribution in [1.82, 2.24) is 9.78 Å². The molecule has 1 amide bonds. The first-order chi connectivity index (χ1) is 20.5. The Morgan fingerprint density at radius 2 is 1.64 bits per heavy atom. The second-order valence-corrected chi connectivity index (χ2v) is 9.79. The lowest BCUT2D eigenvalue weighted by Gasteiger charge is -2.06. The number of hydrogen-bond acceptors (Lipinski definition) is 5. The van der Waals surface area contributed by atoms with E-state index in [4.69, 9.17) is 25.9 Å². The number of methoxy groups -OCH3 is 1. The number of ether oxygens (including phenoxy) is 1. The van der Waals surface area contributed by atoms with E-state index in [0.717, 1.165) is 22.5 Å². The predicted molar refractivity (Wildman–Crippen MR) is 164 cm³/mol. The summed E-state index contributed by atoms with van der Waals surface area (Å²) in [5, 5.41) is 8.55. The van der Waals surface area contributed by atoms with E-state index in [0.29, 0.717) is 27.3 Å². The van der Waals surface area contributed by atoms with Gasteiger partial charge in [0.15, 0.2) is 5.76 Å². The van der Waals surface area contributed by atoms with Crippen molar-refractivity contribution in [1.29, 1.82) is 0 Å². The van der Waals surface area contributed by atoms with Gasteiger partial charge in [-0.05, 0) is 48.5 Å². The number of benzene rings is 4. The van der Waals surface area contributed by atoms with Crippen molar-refractivity contribution in [2.75, 3.05) is 12.4 Å². The Hall–Kier alpha value is -5.40. The van der Waals surface area contributed by atoms with Crippen LogP contribution in [0.1, 0.15) is 21.7 Å². The summed E-state index contributed by atoms with van der Waals surface area (Å²) < 4.78 is 12.9. The van der Waals surface area contributed by atoms with E-state index < -0.39 is 11.7 Å². The van der Waals surface area contributed by atoms with Crippen molar-refractivity contribution in [2.45, 2.75) is 0 Å². The number of ketones is 1. The molecule has 0 fully saturated rings. The van der Waals surface area contributed by atoms with Crippen LogP contribution in [0.2, 0.25) is 5.02 Å². The number of halogens is 1. The number of nitrogens with zero attached hydrogens (tertiary/aromatic N) is 2. The first kappa shape index (κ1) is 26.8. The molecule has 0 aliphatic rings. The molecule has 0 aliphatic heterocycles. The van der Waals surface area contributed by atoms with Crippen LogP contribution < -0.4 is 10.1 Å². The van der Waals surface area contributed by atoms with E-state index in [-0.39, 0.29) is 11.4 Å². The Morgan fingerprint density at radius 1 is 0.929 bits per heavy atom. The third-order valence-electron chi connectivity index (χ3n) is 6.69. The molecule has 0 saturated heterocycles.